The van der Waals surface area contributed by atoms with Crippen LogP contribution in [0, 0.1) is 0 Å². The summed E-state index contributed by atoms with van der Waals surface area (Å²) in [6, 6.07) is 3.13. The number of rotatable bonds is 6. The van der Waals surface area contributed by atoms with Crippen molar-refractivity contribution in [1.82, 2.24) is 9.47 Å². The van der Waals surface area contributed by atoms with E-state index in [9.17, 15) is 14.4 Å². The number of carboxylic acids is 1. The molecule has 0 radical (unpaired) electrons. The molecule has 0 aromatic carbocycles. The van der Waals surface area contributed by atoms with E-state index in [4.69, 9.17) is 5.11 Å². The summed E-state index contributed by atoms with van der Waals surface area (Å²) >= 11 is 3.25. The zero-order valence-electron chi connectivity index (χ0n) is 10.8. The Balaban J connectivity index is 2.06. The Bertz CT molecular complexity index is 580. The highest BCUT2D eigenvalue weighted by molar-refractivity contribution is 9.10. The zero-order chi connectivity index (χ0) is 14.7. The van der Waals surface area contributed by atoms with Crippen molar-refractivity contribution >= 4 is 27.8 Å². The monoisotopic (exact) mass is 342 g/mol. The summed E-state index contributed by atoms with van der Waals surface area (Å²) in [5.41, 5.74) is -0.254. The maximum atomic E-state index is 12.2. The second kappa shape index (κ2) is 6.21. The van der Waals surface area contributed by atoms with Crippen molar-refractivity contribution in [3.05, 3.63) is 33.2 Å². The first-order valence-corrected chi connectivity index (χ1v) is 7.14. The van der Waals surface area contributed by atoms with Crippen molar-refractivity contribution in [2.45, 2.75) is 31.8 Å². The number of carbonyl (C=O) groups excluding carboxylic acids is 1. The maximum absolute atomic E-state index is 12.2. The topological polar surface area (TPSA) is 79.6 Å². The van der Waals surface area contributed by atoms with Gasteiger partial charge in [-0.3, -0.25) is 14.4 Å². The summed E-state index contributed by atoms with van der Waals surface area (Å²) < 4.78 is 2.04. The van der Waals surface area contributed by atoms with Gasteiger partial charge >= 0.3 is 5.97 Å². The van der Waals surface area contributed by atoms with E-state index >= 15 is 0 Å². The van der Waals surface area contributed by atoms with Gasteiger partial charge in [-0.1, -0.05) is 0 Å². The van der Waals surface area contributed by atoms with E-state index in [0.717, 1.165) is 12.8 Å². The molecule has 0 bridgehead atoms. The SMILES string of the molecule is O=C(O)CCN(C(=O)Cn1cc(Br)ccc1=O)C1CC1. The molecule has 0 saturated heterocycles. The molecular weight excluding hydrogens is 328 g/mol. The van der Waals surface area contributed by atoms with E-state index in [2.05, 4.69) is 15.9 Å². The maximum Gasteiger partial charge on any atom is 0.305 e. The molecule has 7 heteroatoms. The lowest BCUT2D eigenvalue weighted by molar-refractivity contribution is -0.138. The Morgan fingerprint density at radius 2 is 2.10 bits per heavy atom. The predicted octanol–water partition coefficient (Wildman–Crippen LogP) is 1.08. The Kier molecular flexibility index (Phi) is 4.59. The van der Waals surface area contributed by atoms with Crippen LogP contribution in [0.5, 0.6) is 0 Å². The van der Waals surface area contributed by atoms with E-state index < -0.39 is 5.97 Å². The summed E-state index contributed by atoms with van der Waals surface area (Å²) in [7, 11) is 0. The molecule has 0 unspecified atom stereocenters. The molecule has 1 aromatic heterocycles. The lowest BCUT2D eigenvalue weighted by Gasteiger charge is -2.22. The quantitative estimate of drug-likeness (QED) is 0.838. The number of aliphatic carboxylic acids is 1. The van der Waals surface area contributed by atoms with Gasteiger partial charge in [0.05, 0.1) is 6.42 Å². The summed E-state index contributed by atoms with van der Waals surface area (Å²) in [6.07, 6.45) is 3.29. The molecule has 1 N–H and O–H groups in total. The Hall–Kier alpha value is -1.63. The number of hydrogen-bond donors (Lipinski definition) is 1. The highest BCUT2D eigenvalue weighted by atomic mass is 79.9. The van der Waals surface area contributed by atoms with Gasteiger partial charge in [-0.05, 0) is 34.8 Å². The molecule has 0 atom stereocenters. The second-order valence-corrected chi connectivity index (χ2v) is 5.69. The van der Waals surface area contributed by atoms with Crippen LogP contribution in [0.3, 0.4) is 0 Å². The molecule has 108 valence electrons. The molecule has 0 spiro atoms. The van der Waals surface area contributed by atoms with Crippen LogP contribution in [0.2, 0.25) is 0 Å². The van der Waals surface area contributed by atoms with Gasteiger partial charge < -0.3 is 14.6 Å². The lowest BCUT2D eigenvalue weighted by atomic mass is 10.3. The van der Waals surface area contributed by atoms with Crippen LogP contribution in [0.25, 0.3) is 0 Å². The Labute approximate surface area is 124 Å². The van der Waals surface area contributed by atoms with Crippen molar-refractivity contribution in [2.24, 2.45) is 0 Å². The molecule has 6 nitrogen and oxygen atoms in total. The van der Waals surface area contributed by atoms with Gasteiger partial charge in [0.25, 0.3) is 5.56 Å². The predicted molar refractivity (Wildman–Crippen MR) is 75.4 cm³/mol. The smallest absolute Gasteiger partial charge is 0.305 e. The molecule has 1 saturated carbocycles. The van der Waals surface area contributed by atoms with Gasteiger partial charge in [0, 0.05) is 29.3 Å². The number of aromatic nitrogens is 1. The first kappa shape index (κ1) is 14.8. The summed E-state index contributed by atoms with van der Waals surface area (Å²) in [6.45, 7) is 0.135. The molecule has 1 heterocycles. The van der Waals surface area contributed by atoms with Crippen LogP contribution in [0.4, 0.5) is 0 Å². The van der Waals surface area contributed by atoms with Gasteiger partial charge in [-0.2, -0.15) is 0 Å². The van der Waals surface area contributed by atoms with E-state index in [1.54, 1.807) is 17.2 Å². The number of carboxylic acid groups (broad SMARTS) is 1. The number of carbonyl (C=O) groups is 2. The fourth-order valence-corrected chi connectivity index (χ4v) is 2.35. The van der Waals surface area contributed by atoms with Gasteiger partial charge in [-0.25, -0.2) is 0 Å². The van der Waals surface area contributed by atoms with Gasteiger partial charge in [0.2, 0.25) is 5.91 Å². The van der Waals surface area contributed by atoms with Gasteiger partial charge in [-0.15, -0.1) is 0 Å². The number of amides is 1. The van der Waals surface area contributed by atoms with Crippen molar-refractivity contribution in [3.8, 4) is 0 Å². The third-order valence-electron chi connectivity index (χ3n) is 3.13. The lowest BCUT2D eigenvalue weighted by Crippen LogP contribution is -2.39. The van der Waals surface area contributed by atoms with Crippen LogP contribution >= 0.6 is 15.9 Å². The molecule has 2 rings (SSSR count). The fourth-order valence-electron chi connectivity index (χ4n) is 1.98. The van der Waals surface area contributed by atoms with E-state index in [1.807, 2.05) is 0 Å². The van der Waals surface area contributed by atoms with Crippen LogP contribution in [0.15, 0.2) is 27.6 Å². The van der Waals surface area contributed by atoms with Crippen molar-refractivity contribution in [2.75, 3.05) is 6.54 Å². The third-order valence-corrected chi connectivity index (χ3v) is 3.60. The highest BCUT2D eigenvalue weighted by Gasteiger charge is 2.32. The minimum absolute atomic E-state index is 0.0611. The Morgan fingerprint density at radius 1 is 1.40 bits per heavy atom. The first-order valence-electron chi connectivity index (χ1n) is 6.34. The fraction of sp³-hybridized carbons (Fsp3) is 0.462. The molecule has 1 aliphatic rings. The van der Waals surface area contributed by atoms with Crippen LogP contribution < -0.4 is 5.56 Å². The van der Waals surface area contributed by atoms with Crippen molar-refractivity contribution < 1.29 is 14.7 Å². The van der Waals surface area contributed by atoms with Crippen molar-refractivity contribution in [3.63, 3.8) is 0 Å². The number of nitrogens with zero attached hydrogens (tertiary/aromatic N) is 2. The summed E-state index contributed by atoms with van der Waals surface area (Å²) in [5.74, 6) is -1.14. The minimum atomic E-state index is -0.928. The Morgan fingerprint density at radius 3 is 2.70 bits per heavy atom. The largest absolute Gasteiger partial charge is 0.481 e. The van der Waals surface area contributed by atoms with Crippen molar-refractivity contribution in [1.29, 1.82) is 0 Å². The summed E-state index contributed by atoms with van der Waals surface area (Å²) in [4.78, 5) is 36.1. The molecular formula is C13H15BrN2O4. The van der Waals surface area contributed by atoms with E-state index in [1.165, 1.54) is 10.6 Å². The average molecular weight is 343 g/mol. The highest BCUT2D eigenvalue weighted by Crippen LogP contribution is 2.27. The average Bonchev–Trinajstić information content (AvgIpc) is 3.18. The van der Waals surface area contributed by atoms with E-state index in [-0.39, 0.29) is 37.0 Å². The summed E-state index contributed by atoms with van der Waals surface area (Å²) in [5, 5.41) is 8.72. The van der Waals surface area contributed by atoms with Crippen LogP contribution in [0.1, 0.15) is 19.3 Å². The second-order valence-electron chi connectivity index (χ2n) is 4.78. The van der Waals surface area contributed by atoms with Gasteiger partial charge in [0.1, 0.15) is 6.54 Å². The molecule has 20 heavy (non-hydrogen) atoms. The van der Waals surface area contributed by atoms with Crippen LogP contribution in [-0.4, -0.2) is 39.0 Å². The molecule has 1 fully saturated rings. The normalized spacial score (nSPS) is 14.1. The van der Waals surface area contributed by atoms with Crippen LogP contribution in [-0.2, 0) is 16.1 Å². The molecule has 1 aromatic rings. The van der Waals surface area contributed by atoms with E-state index in [0.29, 0.717) is 4.47 Å². The van der Waals surface area contributed by atoms with Gasteiger partial charge in [0.15, 0.2) is 0 Å². The number of pyridine rings is 1. The zero-order valence-corrected chi connectivity index (χ0v) is 12.4. The number of hydrogen-bond acceptors (Lipinski definition) is 3. The molecule has 1 aliphatic carbocycles. The minimum Gasteiger partial charge on any atom is -0.481 e. The third kappa shape index (κ3) is 3.93. The molecule has 1 amide bonds. The molecule has 0 aliphatic heterocycles. The first-order chi connectivity index (χ1) is 9.47. The number of halogens is 1. The standard InChI is InChI=1S/C13H15BrN2O4/c14-9-1-4-11(17)15(7-9)8-12(18)16(10-2-3-10)6-5-13(19)20/h1,4,7,10H,2-3,5-6,8H2,(H,19,20).